The van der Waals surface area contributed by atoms with Crippen molar-refractivity contribution < 1.29 is 22.8 Å². The van der Waals surface area contributed by atoms with Gasteiger partial charge in [-0.05, 0) is 42.5 Å². The molecule has 9 heteroatoms. The molecule has 3 amide bonds. The molecule has 2 heterocycles. The van der Waals surface area contributed by atoms with E-state index in [9.17, 15) is 22.8 Å². The molecule has 2 aromatic carbocycles. The lowest BCUT2D eigenvalue weighted by atomic mass is 10.1. The molecule has 0 saturated carbocycles. The summed E-state index contributed by atoms with van der Waals surface area (Å²) in [6.07, 6.45) is 3.52. The number of amides is 3. The monoisotopic (exact) mass is 467 g/mol. The molecule has 1 aliphatic heterocycles. The van der Waals surface area contributed by atoms with Gasteiger partial charge in [0, 0.05) is 31.1 Å². The standard InChI is InChI=1S/C24H25N3O5S/c1-33(31,32)16-12-21(27-23(29)18-8-3-4-9-19(18)24(27)30)22(28)25-13-6-14-26-15-11-17-7-2-5-10-20(17)26/h2-5,7-11,15,21H,6,12-14,16H2,1H3,(H,25,28)/t21-/m1/s1. The van der Waals surface area contributed by atoms with Gasteiger partial charge < -0.3 is 9.88 Å². The zero-order valence-electron chi connectivity index (χ0n) is 18.2. The van der Waals surface area contributed by atoms with Crippen LogP contribution < -0.4 is 5.32 Å². The average Bonchev–Trinajstić information content (AvgIpc) is 3.31. The Labute approximate surface area is 192 Å². The first-order valence-corrected chi connectivity index (χ1v) is 12.8. The number of nitrogens with one attached hydrogen (secondary N) is 1. The highest BCUT2D eigenvalue weighted by Crippen LogP contribution is 2.26. The van der Waals surface area contributed by atoms with Crippen LogP contribution in [0.4, 0.5) is 0 Å². The van der Waals surface area contributed by atoms with Crippen LogP contribution in [0.5, 0.6) is 0 Å². The number of benzene rings is 2. The molecule has 0 radical (unpaired) electrons. The molecule has 1 atom stereocenters. The van der Waals surface area contributed by atoms with Gasteiger partial charge in [-0.1, -0.05) is 30.3 Å². The molecule has 1 aliphatic rings. The Morgan fingerprint density at radius 1 is 0.970 bits per heavy atom. The number of carbonyl (C=O) groups is 3. The van der Waals surface area contributed by atoms with Gasteiger partial charge in [0.05, 0.1) is 16.9 Å². The van der Waals surface area contributed by atoms with Crippen molar-refractivity contribution in [3.05, 3.63) is 71.9 Å². The van der Waals surface area contributed by atoms with Gasteiger partial charge in [0.25, 0.3) is 11.8 Å². The van der Waals surface area contributed by atoms with Crippen LogP contribution in [-0.4, -0.2) is 60.2 Å². The number of sulfone groups is 1. The van der Waals surface area contributed by atoms with Gasteiger partial charge in [0.1, 0.15) is 15.9 Å². The van der Waals surface area contributed by atoms with Crippen molar-refractivity contribution in [3.63, 3.8) is 0 Å². The molecule has 0 aliphatic carbocycles. The summed E-state index contributed by atoms with van der Waals surface area (Å²) in [5, 5.41) is 3.91. The maximum absolute atomic E-state index is 13.0. The van der Waals surface area contributed by atoms with Crippen LogP contribution in [0.2, 0.25) is 0 Å². The van der Waals surface area contributed by atoms with E-state index in [-0.39, 0.29) is 23.3 Å². The number of hydrogen-bond donors (Lipinski definition) is 1. The summed E-state index contributed by atoms with van der Waals surface area (Å²) in [4.78, 5) is 39.6. The van der Waals surface area contributed by atoms with E-state index in [0.29, 0.717) is 19.5 Å². The van der Waals surface area contributed by atoms with Crippen molar-refractivity contribution in [2.45, 2.75) is 25.4 Å². The molecule has 33 heavy (non-hydrogen) atoms. The summed E-state index contributed by atoms with van der Waals surface area (Å²) >= 11 is 0. The lowest BCUT2D eigenvalue weighted by Crippen LogP contribution is -2.50. The summed E-state index contributed by atoms with van der Waals surface area (Å²) < 4.78 is 25.6. The third kappa shape index (κ3) is 4.83. The third-order valence-electron chi connectivity index (χ3n) is 5.76. The SMILES string of the molecule is CS(=O)(=O)CC[C@H](C(=O)NCCCn1ccc2ccccc21)N1C(=O)c2ccccc2C1=O. The maximum atomic E-state index is 13.0. The second kappa shape index (κ2) is 9.19. The Balaban J connectivity index is 1.44. The largest absolute Gasteiger partial charge is 0.354 e. The summed E-state index contributed by atoms with van der Waals surface area (Å²) in [7, 11) is -3.39. The summed E-state index contributed by atoms with van der Waals surface area (Å²) in [5.74, 6) is -2.01. The highest BCUT2D eigenvalue weighted by molar-refractivity contribution is 7.90. The van der Waals surface area contributed by atoms with Crippen molar-refractivity contribution in [2.75, 3.05) is 18.6 Å². The molecule has 0 bridgehead atoms. The molecule has 1 aromatic heterocycles. The molecule has 0 unspecified atom stereocenters. The van der Waals surface area contributed by atoms with E-state index < -0.39 is 33.6 Å². The minimum atomic E-state index is -3.39. The zero-order valence-corrected chi connectivity index (χ0v) is 19.0. The summed E-state index contributed by atoms with van der Waals surface area (Å²) in [6, 6.07) is 15.2. The number of aryl methyl sites for hydroxylation is 1. The van der Waals surface area contributed by atoms with Gasteiger partial charge in [0.15, 0.2) is 0 Å². The minimum Gasteiger partial charge on any atom is -0.354 e. The molecule has 0 saturated heterocycles. The molecular weight excluding hydrogens is 442 g/mol. The third-order valence-corrected chi connectivity index (χ3v) is 6.73. The van der Waals surface area contributed by atoms with Crippen LogP contribution in [0, 0.1) is 0 Å². The first-order valence-electron chi connectivity index (χ1n) is 10.7. The van der Waals surface area contributed by atoms with Crippen LogP contribution in [0.1, 0.15) is 33.6 Å². The zero-order chi connectivity index (χ0) is 23.6. The van der Waals surface area contributed by atoms with Gasteiger partial charge in [-0.3, -0.25) is 19.3 Å². The number of fused-ring (bicyclic) bond motifs is 2. The lowest BCUT2D eigenvalue weighted by molar-refractivity contribution is -0.125. The van der Waals surface area contributed by atoms with Gasteiger partial charge >= 0.3 is 0 Å². The lowest BCUT2D eigenvalue weighted by Gasteiger charge is -2.25. The van der Waals surface area contributed by atoms with E-state index in [0.717, 1.165) is 22.1 Å². The highest BCUT2D eigenvalue weighted by Gasteiger charge is 2.42. The van der Waals surface area contributed by atoms with E-state index in [1.807, 2.05) is 36.5 Å². The van der Waals surface area contributed by atoms with Crippen molar-refractivity contribution in [3.8, 4) is 0 Å². The van der Waals surface area contributed by atoms with Gasteiger partial charge in [-0.2, -0.15) is 0 Å². The van der Waals surface area contributed by atoms with Gasteiger partial charge in [-0.15, -0.1) is 0 Å². The number of carbonyl (C=O) groups excluding carboxylic acids is 3. The quantitative estimate of drug-likeness (QED) is 0.384. The Bertz CT molecular complexity index is 1290. The number of nitrogens with zero attached hydrogens (tertiary/aromatic N) is 2. The molecule has 172 valence electrons. The summed E-state index contributed by atoms with van der Waals surface area (Å²) in [6.45, 7) is 0.999. The van der Waals surface area contributed by atoms with Crippen molar-refractivity contribution in [1.29, 1.82) is 0 Å². The van der Waals surface area contributed by atoms with Crippen LogP contribution in [0.25, 0.3) is 10.9 Å². The Morgan fingerprint density at radius 2 is 1.61 bits per heavy atom. The molecule has 0 spiro atoms. The molecule has 4 rings (SSSR count). The van der Waals surface area contributed by atoms with Gasteiger partial charge in [-0.25, -0.2) is 8.42 Å². The fourth-order valence-electron chi connectivity index (χ4n) is 4.11. The average molecular weight is 468 g/mol. The van der Waals surface area contributed by atoms with Crippen LogP contribution in [0.15, 0.2) is 60.8 Å². The second-order valence-corrected chi connectivity index (χ2v) is 10.4. The molecule has 1 N–H and O–H groups in total. The minimum absolute atomic E-state index is 0.154. The normalized spacial score (nSPS) is 14.5. The molecular formula is C24H25N3O5S. The van der Waals surface area contributed by atoms with Crippen LogP contribution in [-0.2, 0) is 21.2 Å². The first-order chi connectivity index (χ1) is 15.8. The van der Waals surface area contributed by atoms with Crippen LogP contribution >= 0.6 is 0 Å². The van der Waals surface area contributed by atoms with E-state index in [1.165, 1.54) is 12.1 Å². The second-order valence-electron chi connectivity index (χ2n) is 8.17. The Morgan fingerprint density at radius 3 is 2.27 bits per heavy atom. The maximum Gasteiger partial charge on any atom is 0.262 e. The van der Waals surface area contributed by atoms with Crippen molar-refractivity contribution in [1.82, 2.24) is 14.8 Å². The molecule has 8 nitrogen and oxygen atoms in total. The number of hydrogen-bond acceptors (Lipinski definition) is 5. The fourth-order valence-corrected chi connectivity index (χ4v) is 4.76. The van der Waals surface area contributed by atoms with Crippen molar-refractivity contribution in [2.24, 2.45) is 0 Å². The molecule has 0 fully saturated rings. The van der Waals surface area contributed by atoms with E-state index in [4.69, 9.17) is 0 Å². The molecule has 3 aromatic rings. The number of rotatable bonds is 9. The number of aromatic nitrogens is 1. The number of para-hydroxylation sites is 1. The fraction of sp³-hybridized carbons (Fsp3) is 0.292. The highest BCUT2D eigenvalue weighted by atomic mass is 32.2. The predicted molar refractivity (Wildman–Crippen MR) is 125 cm³/mol. The van der Waals surface area contributed by atoms with E-state index >= 15 is 0 Å². The van der Waals surface area contributed by atoms with Crippen molar-refractivity contribution >= 4 is 38.5 Å². The van der Waals surface area contributed by atoms with E-state index in [2.05, 4.69) is 9.88 Å². The topological polar surface area (TPSA) is 106 Å². The predicted octanol–water partition coefficient (Wildman–Crippen LogP) is 2.25. The Kier molecular flexibility index (Phi) is 6.33. The number of imide groups is 1. The smallest absolute Gasteiger partial charge is 0.262 e. The van der Waals surface area contributed by atoms with Gasteiger partial charge in [0.2, 0.25) is 5.91 Å². The van der Waals surface area contributed by atoms with E-state index in [1.54, 1.807) is 12.1 Å². The summed E-state index contributed by atoms with van der Waals surface area (Å²) in [5.41, 5.74) is 1.54. The first kappa shape index (κ1) is 22.7. The Hall–Kier alpha value is -3.46. The van der Waals surface area contributed by atoms with Crippen LogP contribution in [0.3, 0.4) is 0 Å².